The zero-order chi connectivity index (χ0) is 15.3. The summed E-state index contributed by atoms with van der Waals surface area (Å²) in [6.07, 6.45) is 3.59. The van der Waals surface area contributed by atoms with E-state index in [0.717, 1.165) is 19.5 Å². The second-order valence-electron chi connectivity index (χ2n) is 7.86. The standard InChI is InChI=1S/C16H27N3O2/c1-15(2)11-4-5-16(3,10-11)14(15)18-12(20)13(21)19-8-6-17-7-9-19/h11,14,17H,4-10H2,1-3H3,(H,18,20). The van der Waals surface area contributed by atoms with Gasteiger partial charge in [0.25, 0.3) is 0 Å². The van der Waals surface area contributed by atoms with Crippen LogP contribution in [0, 0.1) is 16.7 Å². The van der Waals surface area contributed by atoms with Gasteiger partial charge in [-0.2, -0.15) is 0 Å². The van der Waals surface area contributed by atoms with Crippen LogP contribution < -0.4 is 10.6 Å². The van der Waals surface area contributed by atoms with Crippen molar-refractivity contribution in [1.29, 1.82) is 0 Å². The van der Waals surface area contributed by atoms with Gasteiger partial charge in [-0.25, -0.2) is 0 Å². The summed E-state index contributed by atoms with van der Waals surface area (Å²) in [4.78, 5) is 26.3. The van der Waals surface area contributed by atoms with Gasteiger partial charge >= 0.3 is 11.8 Å². The van der Waals surface area contributed by atoms with Crippen LogP contribution in [0.15, 0.2) is 0 Å². The number of piperazine rings is 1. The normalized spacial score (nSPS) is 37.6. The summed E-state index contributed by atoms with van der Waals surface area (Å²) in [5, 5.41) is 6.28. The molecule has 21 heavy (non-hydrogen) atoms. The molecule has 3 unspecified atom stereocenters. The summed E-state index contributed by atoms with van der Waals surface area (Å²) in [5.74, 6) is -0.107. The van der Waals surface area contributed by atoms with Gasteiger partial charge in [-0.05, 0) is 36.0 Å². The molecule has 118 valence electrons. The monoisotopic (exact) mass is 293 g/mol. The van der Waals surface area contributed by atoms with E-state index in [0.29, 0.717) is 19.0 Å². The third-order valence-corrected chi connectivity index (χ3v) is 6.14. The first-order chi connectivity index (χ1) is 9.84. The SMILES string of the molecule is CC12CCC(C1)C(C)(C)C2NC(=O)C(=O)N1CCNCC1. The predicted octanol–water partition coefficient (Wildman–Crippen LogP) is 0.749. The molecule has 2 saturated carbocycles. The molecular weight excluding hydrogens is 266 g/mol. The van der Waals surface area contributed by atoms with Gasteiger partial charge in [0, 0.05) is 32.2 Å². The molecule has 0 aromatic heterocycles. The number of rotatable bonds is 1. The Hall–Kier alpha value is -1.10. The Morgan fingerprint density at radius 2 is 1.86 bits per heavy atom. The van der Waals surface area contributed by atoms with Crippen molar-refractivity contribution in [3.8, 4) is 0 Å². The number of hydrogen-bond acceptors (Lipinski definition) is 3. The summed E-state index contributed by atoms with van der Waals surface area (Å²) in [7, 11) is 0. The van der Waals surface area contributed by atoms with E-state index < -0.39 is 5.91 Å². The van der Waals surface area contributed by atoms with Crippen LogP contribution in [0.5, 0.6) is 0 Å². The van der Waals surface area contributed by atoms with E-state index in [1.54, 1.807) is 4.90 Å². The van der Waals surface area contributed by atoms with E-state index in [-0.39, 0.29) is 22.8 Å². The molecule has 2 amide bonds. The van der Waals surface area contributed by atoms with Crippen LogP contribution in [0.25, 0.3) is 0 Å². The third-order valence-electron chi connectivity index (χ3n) is 6.14. The maximum Gasteiger partial charge on any atom is 0.311 e. The Bertz CT molecular complexity index is 452. The van der Waals surface area contributed by atoms with Crippen molar-refractivity contribution in [3.63, 3.8) is 0 Å². The second-order valence-corrected chi connectivity index (χ2v) is 7.86. The van der Waals surface area contributed by atoms with Crippen molar-refractivity contribution in [2.45, 2.75) is 46.1 Å². The average molecular weight is 293 g/mol. The summed E-state index contributed by atoms with van der Waals surface area (Å²) in [5.41, 5.74) is 0.250. The Morgan fingerprint density at radius 3 is 2.43 bits per heavy atom. The quantitative estimate of drug-likeness (QED) is 0.701. The molecular formula is C16H27N3O2. The molecule has 5 nitrogen and oxygen atoms in total. The van der Waals surface area contributed by atoms with Crippen molar-refractivity contribution in [2.75, 3.05) is 26.2 Å². The van der Waals surface area contributed by atoms with Crippen molar-refractivity contribution >= 4 is 11.8 Å². The van der Waals surface area contributed by atoms with E-state index >= 15 is 0 Å². The van der Waals surface area contributed by atoms with Crippen molar-refractivity contribution in [1.82, 2.24) is 15.5 Å². The minimum atomic E-state index is -0.413. The van der Waals surface area contributed by atoms with Crippen LogP contribution in [0.3, 0.4) is 0 Å². The molecule has 0 spiro atoms. The molecule has 2 aliphatic carbocycles. The Labute approximate surface area is 126 Å². The van der Waals surface area contributed by atoms with E-state index in [9.17, 15) is 9.59 Å². The van der Waals surface area contributed by atoms with Gasteiger partial charge in [-0.1, -0.05) is 20.8 Å². The first kappa shape index (κ1) is 14.8. The molecule has 2 N–H and O–H groups in total. The molecule has 3 fully saturated rings. The van der Waals surface area contributed by atoms with Crippen LogP contribution in [0.1, 0.15) is 40.0 Å². The number of nitrogens with zero attached hydrogens (tertiary/aromatic N) is 1. The molecule has 3 atom stereocenters. The molecule has 0 radical (unpaired) electrons. The highest BCUT2D eigenvalue weighted by molar-refractivity contribution is 6.35. The summed E-state index contributed by atoms with van der Waals surface area (Å²) in [6, 6.07) is 0.114. The van der Waals surface area contributed by atoms with E-state index in [1.165, 1.54) is 12.8 Å². The van der Waals surface area contributed by atoms with Crippen molar-refractivity contribution in [2.24, 2.45) is 16.7 Å². The number of amides is 2. The first-order valence-electron chi connectivity index (χ1n) is 8.15. The lowest BCUT2D eigenvalue weighted by Crippen LogP contribution is -2.57. The topological polar surface area (TPSA) is 61.4 Å². The number of hydrogen-bond donors (Lipinski definition) is 2. The fourth-order valence-corrected chi connectivity index (χ4v) is 4.87. The van der Waals surface area contributed by atoms with Crippen LogP contribution >= 0.6 is 0 Å². The Balaban J connectivity index is 1.68. The van der Waals surface area contributed by atoms with Gasteiger partial charge in [0.05, 0.1) is 0 Å². The van der Waals surface area contributed by atoms with E-state index in [2.05, 4.69) is 31.4 Å². The molecule has 1 aliphatic heterocycles. The molecule has 1 heterocycles. The van der Waals surface area contributed by atoms with Crippen LogP contribution in [0.4, 0.5) is 0 Å². The molecule has 1 saturated heterocycles. The molecule has 2 bridgehead atoms. The highest BCUT2D eigenvalue weighted by atomic mass is 16.2. The van der Waals surface area contributed by atoms with Gasteiger partial charge in [-0.3, -0.25) is 9.59 Å². The number of nitrogens with one attached hydrogen (secondary N) is 2. The first-order valence-corrected chi connectivity index (χ1v) is 8.15. The van der Waals surface area contributed by atoms with Crippen molar-refractivity contribution < 1.29 is 9.59 Å². The average Bonchev–Trinajstić information content (AvgIpc) is 2.94. The van der Waals surface area contributed by atoms with Gasteiger partial charge in [0.1, 0.15) is 0 Å². The Morgan fingerprint density at radius 1 is 1.19 bits per heavy atom. The maximum absolute atomic E-state index is 12.4. The summed E-state index contributed by atoms with van der Waals surface area (Å²) in [6.45, 7) is 9.54. The fraction of sp³-hybridized carbons (Fsp3) is 0.875. The minimum absolute atomic E-state index is 0.0897. The zero-order valence-corrected chi connectivity index (χ0v) is 13.4. The van der Waals surface area contributed by atoms with Crippen molar-refractivity contribution in [3.05, 3.63) is 0 Å². The minimum Gasteiger partial charge on any atom is -0.344 e. The largest absolute Gasteiger partial charge is 0.344 e. The third kappa shape index (κ3) is 2.35. The summed E-state index contributed by atoms with van der Waals surface area (Å²) >= 11 is 0. The van der Waals surface area contributed by atoms with Crippen LogP contribution in [0.2, 0.25) is 0 Å². The van der Waals surface area contributed by atoms with Gasteiger partial charge in [-0.15, -0.1) is 0 Å². The van der Waals surface area contributed by atoms with Crippen LogP contribution in [-0.2, 0) is 9.59 Å². The highest BCUT2D eigenvalue weighted by Crippen LogP contribution is 2.62. The molecule has 0 aromatic carbocycles. The fourth-order valence-electron chi connectivity index (χ4n) is 4.87. The van der Waals surface area contributed by atoms with E-state index in [4.69, 9.17) is 0 Å². The smallest absolute Gasteiger partial charge is 0.311 e. The maximum atomic E-state index is 12.4. The number of carbonyl (C=O) groups is 2. The highest BCUT2D eigenvalue weighted by Gasteiger charge is 2.60. The zero-order valence-electron chi connectivity index (χ0n) is 13.4. The van der Waals surface area contributed by atoms with Gasteiger partial charge in [0.15, 0.2) is 0 Å². The number of fused-ring (bicyclic) bond motifs is 2. The van der Waals surface area contributed by atoms with E-state index in [1.807, 2.05) is 0 Å². The lowest BCUT2D eigenvalue weighted by molar-refractivity contribution is -0.147. The Kier molecular flexibility index (Phi) is 3.51. The lowest BCUT2D eigenvalue weighted by atomic mass is 9.68. The van der Waals surface area contributed by atoms with Crippen LogP contribution in [-0.4, -0.2) is 48.9 Å². The molecule has 3 aliphatic rings. The number of carbonyl (C=O) groups excluding carboxylic acids is 2. The molecule has 3 rings (SSSR count). The van der Waals surface area contributed by atoms with Gasteiger partial charge in [0.2, 0.25) is 0 Å². The van der Waals surface area contributed by atoms with Gasteiger partial charge < -0.3 is 15.5 Å². The second kappa shape index (κ2) is 4.97. The molecule has 0 aromatic rings. The predicted molar refractivity (Wildman–Crippen MR) is 80.6 cm³/mol. The molecule has 5 heteroatoms. The lowest BCUT2D eigenvalue weighted by Gasteiger charge is -2.43. The summed E-state index contributed by atoms with van der Waals surface area (Å²) < 4.78 is 0.